The van der Waals surface area contributed by atoms with Crippen LogP contribution in [-0.2, 0) is 4.79 Å². The number of aliphatic carboxylic acids is 1. The Bertz CT molecular complexity index is 508. The number of anilines is 1. The fourth-order valence-electron chi connectivity index (χ4n) is 1.91. The topological polar surface area (TPSA) is 96.6 Å². The Morgan fingerprint density at radius 2 is 2.39 bits per heavy atom. The smallest absolute Gasteiger partial charge is 0.308 e. The summed E-state index contributed by atoms with van der Waals surface area (Å²) in [5.41, 5.74) is -0.426. The summed E-state index contributed by atoms with van der Waals surface area (Å²) >= 11 is 0. The second kappa shape index (κ2) is 4.55. The Morgan fingerprint density at radius 3 is 2.89 bits per heavy atom. The first kappa shape index (κ1) is 12.2. The van der Waals surface area contributed by atoms with Crippen molar-refractivity contribution in [1.82, 2.24) is 4.98 Å². The van der Waals surface area contributed by atoms with Gasteiger partial charge < -0.3 is 10.0 Å². The maximum atomic E-state index is 13.6. The van der Waals surface area contributed by atoms with Crippen LogP contribution in [0.4, 0.5) is 15.9 Å². The molecule has 1 N–H and O–H groups in total. The predicted octanol–water partition coefficient (Wildman–Crippen LogP) is 1.04. The summed E-state index contributed by atoms with van der Waals surface area (Å²) in [4.78, 5) is 25.7. The summed E-state index contributed by atoms with van der Waals surface area (Å²) < 4.78 is 13.6. The summed E-state index contributed by atoms with van der Waals surface area (Å²) in [5.74, 6) is -2.33. The fourth-order valence-corrected chi connectivity index (χ4v) is 1.91. The van der Waals surface area contributed by atoms with E-state index in [0.717, 1.165) is 12.3 Å². The highest BCUT2D eigenvalue weighted by Crippen LogP contribution is 2.26. The van der Waals surface area contributed by atoms with Crippen LogP contribution in [0.1, 0.15) is 6.42 Å². The van der Waals surface area contributed by atoms with Crippen LogP contribution in [0.2, 0.25) is 0 Å². The normalized spacial score (nSPS) is 18.9. The number of nitrogens with zero attached hydrogens (tertiary/aromatic N) is 3. The summed E-state index contributed by atoms with van der Waals surface area (Å²) in [7, 11) is 0. The zero-order valence-electron chi connectivity index (χ0n) is 9.24. The van der Waals surface area contributed by atoms with Crippen molar-refractivity contribution < 1.29 is 19.2 Å². The van der Waals surface area contributed by atoms with Gasteiger partial charge in [0.05, 0.1) is 16.9 Å². The summed E-state index contributed by atoms with van der Waals surface area (Å²) in [6, 6.07) is 0.788. The van der Waals surface area contributed by atoms with Gasteiger partial charge in [0.2, 0.25) is 0 Å². The average molecular weight is 255 g/mol. The molecule has 0 spiro atoms. The lowest BCUT2D eigenvalue weighted by molar-refractivity contribution is -0.385. The van der Waals surface area contributed by atoms with E-state index in [1.54, 1.807) is 0 Å². The lowest BCUT2D eigenvalue weighted by Gasteiger charge is -2.16. The van der Waals surface area contributed by atoms with E-state index in [4.69, 9.17) is 5.11 Å². The molecule has 1 aliphatic rings. The minimum absolute atomic E-state index is 0.0376. The number of rotatable bonds is 3. The van der Waals surface area contributed by atoms with Crippen LogP contribution in [-0.4, -0.2) is 34.1 Å². The Labute approximate surface area is 101 Å². The number of pyridine rings is 1. The molecule has 1 aromatic rings. The second-order valence-corrected chi connectivity index (χ2v) is 4.03. The maximum Gasteiger partial charge on any atom is 0.308 e. The van der Waals surface area contributed by atoms with E-state index in [2.05, 4.69) is 4.98 Å². The predicted molar refractivity (Wildman–Crippen MR) is 58.8 cm³/mol. The Balaban J connectivity index is 2.20. The zero-order chi connectivity index (χ0) is 13.3. The minimum atomic E-state index is -0.931. The third-order valence-electron chi connectivity index (χ3n) is 2.86. The van der Waals surface area contributed by atoms with Crippen molar-refractivity contribution in [2.75, 3.05) is 18.0 Å². The Hall–Kier alpha value is -2.25. The molecule has 2 rings (SSSR count). The van der Waals surface area contributed by atoms with Crippen molar-refractivity contribution in [3.05, 3.63) is 28.2 Å². The maximum absolute atomic E-state index is 13.6. The van der Waals surface area contributed by atoms with Gasteiger partial charge in [0, 0.05) is 13.1 Å². The molecule has 1 aliphatic heterocycles. The van der Waals surface area contributed by atoms with E-state index >= 15 is 0 Å². The van der Waals surface area contributed by atoms with Gasteiger partial charge in [-0.05, 0) is 6.42 Å². The largest absolute Gasteiger partial charge is 0.481 e. The molecule has 0 aliphatic carbocycles. The molecule has 1 unspecified atom stereocenters. The molecule has 7 nitrogen and oxygen atoms in total. The number of halogens is 1. The van der Waals surface area contributed by atoms with Crippen LogP contribution in [0.15, 0.2) is 12.3 Å². The van der Waals surface area contributed by atoms with Gasteiger partial charge in [0.25, 0.3) is 5.69 Å². The van der Waals surface area contributed by atoms with E-state index in [1.165, 1.54) is 4.90 Å². The zero-order valence-corrected chi connectivity index (χ0v) is 9.24. The van der Waals surface area contributed by atoms with Crippen molar-refractivity contribution >= 4 is 17.5 Å². The van der Waals surface area contributed by atoms with Gasteiger partial charge in [0.1, 0.15) is 6.20 Å². The van der Waals surface area contributed by atoms with Crippen LogP contribution < -0.4 is 4.90 Å². The highest BCUT2D eigenvalue weighted by atomic mass is 19.1. The van der Waals surface area contributed by atoms with Crippen molar-refractivity contribution in [2.45, 2.75) is 6.42 Å². The molecule has 1 fully saturated rings. The van der Waals surface area contributed by atoms with Gasteiger partial charge in [0.15, 0.2) is 11.6 Å². The number of hydrogen-bond donors (Lipinski definition) is 1. The molecule has 0 radical (unpaired) electrons. The third-order valence-corrected chi connectivity index (χ3v) is 2.86. The van der Waals surface area contributed by atoms with E-state index in [0.29, 0.717) is 13.0 Å². The number of hydrogen-bond acceptors (Lipinski definition) is 5. The molecule has 8 heteroatoms. The van der Waals surface area contributed by atoms with Gasteiger partial charge in [-0.2, -0.15) is 0 Å². The first-order valence-electron chi connectivity index (χ1n) is 5.26. The molecule has 1 aromatic heterocycles. The number of carbonyl (C=O) groups is 1. The van der Waals surface area contributed by atoms with Crippen LogP contribution in [0.25, 0.3) is 0 Å². The van der Waals surface area contributed by atoms with Crippen LogP contribution in [0, 0.1) is 21.8 Å². The highest BCUT2D eigenvalue weighted by Gasteiger charge is 2.30. The molecule has 2 heterocycles. The summed E-state index contributed by atoms with van der Waals surface area (Å²) in [5, 5.41) is 19.3. The standard InChI is InChI=1S/C10H10FN3O4/c11-8-3-7(14(17)18)4-12-9(8)13-2-1-6(5-13)10(15)16/h3-4,6H,1-2,5H2,(H,15,16). The van der Waals surface area contributed by atoms with Crippen LogP contribution in [0.3, 0.4) is 0 Å². The van der Waals surface area contributed by atoms with Crippen molar-refractivity contribution in [2.24, 2.45) is 5.92 Å². The molecule has 1 saturated heterocycles. The van der Waals surface area contributed by atoms with E-state index in [1.807, 2.05) is 0 Å². The Morgan fingerprint density at radius 1 is 1.67 bits per heavy atom. The molecule has 0 saturated carbocycles. The molecule has 1 atom stereocenters. The average Bonchev–Trinajstić information content (AvgIpc) is 2.78. The van der Waals surface area contributed by atoms with Gasteiger partial charge in [-0.1, -0.05) is 0 Å². The van der Waals surface area contributed by atoms with Crippen LogP contribution in [0.5, 0.6) is 0 Å². The van der Waals surface area contributed by atoms with Gasteiger partial charge in [-0.15, -0.1) is 0 Å². The number of nitro groups is 1. The molecule has 96 valence electrons. The first-order valence-corrected chi connectivity index (χ1v) is 5.26. The van der Waals surface area contributed by atoms with E-state index < -0.39 is 28.3 Å². The van der Waals surface area contributed by atoms with Crippen molar-refractivity contribution in [1.29, 1.82) is 0 Å². The molecular weight excluding hydrogens is 245 g/mol. The van der Waals surface area contributed by atoms with Crippen molar-refractivity contribution in [3.63, 3.8) is 0 Å². The molecule has 0 bridgehead atoms. The highest BCUT2D eigenvalue weighted by molar-refractivity contribution is 5.71. The van der Waals surface area contributed by atoms with E-state index in [-0.39, 0.29) is 12.4 Å². The van der Waals surface area contributed by atoms with Gasteiger partial charge in [-0.3, -0.25) is 14.9 Å². The molecule has 0 aromatic carbocycles. The monoisotopic (exact) mass is 255 g/mol. The number of carboxylic acids is 1. The third kappa shape index (κ3) is 2.22. The number of carboxylic acid groups (broad SMARTS) is 1. The minimum Gasteiger partial charge on any atom is -0.481 e. The van der Waals surface area contributed by atoms with Crippen molar-refractivity contribution in [3.8, 4) is 0 Å². The summed E-state index contributed by atoms with van der Waals surface area (Å²) in [6.07, 6.45) is 1.37. The lowest BCUT2D eigenvalue weighted by atomic mass is 10.1. The van der Waals surface area contributed by atoms with E-state index in [9.17, 15) is 19.3 Å². The SMILES string of the molecule is O=C(O)C1CCN(c2ncc([N+](=O)[O-])cc2F)C1. The molecule has 18 heavy (non-hydrogen) atoms. The quantitative estimate of drug-likeness (QED) is 0.640. The van der Waals surface area contributed by atoms with Gasteiger partial charge >= 0.3 is 5.97 Å². The lowest BCUT2D eigenvalue weighted by Crippen LogP contribution is -2.24. The Kier molecular flexibility index (Phi) is 3.09. The second-order valence-electron chi connectivity index (χ2n) is 4.03. The molecule has 0 amide bonds. The molecular formula is C10H10FN3O4. The first-order chi connectivity index (χ1) is 8.49. The van der Waals surface area contributed by atoms with Gasteiger partial charge in [-0.25, -0.2) is 9.37 Å². The number of aromatic nitrogens is 1. The summed E-state index contributed by atoms with van der Waals surface area (Å²) in [6.45, 7) is 0.537. The van der Waals surface area contributed by atoms with Crippen LogP contribution >= 0.6 is 0 Å². The fraction of sp³-hybridized carbons (Fsp3) is 0.400.